The van der Waals surface area contributed by atoms with E-state index in [2.05, 4.69) is 0 Å². The van der Waals surface area contributed by atoms with Crippen molar-refractivity contribution in [2.75, 3.05) is 0 Å². The molecule has 2 aliphatic heterocycles. The Labute approximate surface area is 217 Å². The molecule has 0 radical (unpaired) electrons. The summed E-state index contributed by atoms with van der Waals surface area (Å²) in [7, 11) is 0. The molecule has 38 heavy (non-hydrogen) atoms. The molecule has 2 aliphatic rings. The third-order valence-electron chi connectivity index (χ3n) is 7.01. The van der Waals surface area contributed by atoms with Crippen molar-refractivity contribution < 1.29 is 40.1 Å². The molecule has 0 saturated heterocycles. The molecule has 4 aromatic carbocycles. The lowest BCUT2D eigenvalue weighted by Gasteiger charge is -2.35. The van der Waals surface area contributed by atoms with Crippen LogP contribution >= 0.6 is 0 Å². The number of hydrogen-bond donors (Lipinski definition) is 6. The summed E-state index contributed by atoms with van der Waals surface area (Å²) >= 11 is 0. The highest BCUT2D eigenvalue weighted by Gasteiger charge is 2.38. The molecule has 0 bridgehead atoms. The largest absolute Gasteiger partial charge is 0.508 e. The van der Waals surface area contributed by atoms with Gasteiger partial charge in [-0.3, -0.25) is 0 Å². The van der Waals surface area contributed by atoms with Crippen LogP contribution in [0.5, 0.6) is 40.2 Å². The number of benzene rings is 4. The van der Waals surface area contributed by atoms with E-state index in [0.29, 0.717) is 28.9 Å². The number of aromatic hydroxyl groups is 5. The first-order valence-electron chi connectivity index (χ1n) is 12.0. The van der Waals surface area contributed by atoms with E-state index in [1.54, 1.807) is 42.5 Å². The number of fused-ring (bicyclic) bond motifs is 2. The van der Waals surface area contributed by atoms with Gasteiger partial charge in [-0.25, -0.2) is 0 Å². The first-order valence-corrected chi connectivity index (χ1v) is 12.0. The molecule has 4 aromatic rings. The summed E-state index contributed by atoms with van der Waals surface area (Å²) in [5, 5.41) is 62.2. The molecule has 0 saturated carbocycles. The van der Waals surface area contributed by atoms with Crippen LogP contribution in [0.1, 0.15) is 52.4 Å². The number of aliphatic hydroxyl groups excluding tert-OH is 1. The third-order valence-corrected chi connectivity index (χ3v) is 7.01. The van der Waals surface area contributed by atoms with Crippen LogP contribution in [-0.4, -0.2) is 30.6 Å². The summed E-state index contributed by atoms with van der Waals surface area (Å²) < 4.78 is 12.5. The Morgan fingerprint density at radius 3 is 1.95 bits per heavy atom. The van der Waals surface area contributed by atoms with Gasteiger partial charge >= 0.3 is 0 Å². The summed E-state index contributed by atoms with van der Waals surface area (Å²) in [4.78, 5) is 0. The lowest BCUT2D eigenvalue weighted by molar-refractivity contribution is 0.157. The van der Waals surface area contributed by atoms with Crippen molar-refractivity contribution >= 4 is 6.08 Å². The SMILES string of the molecule is OC1=Cc2c(O)cc(O)c([C@@H]3CC(c4ccc(O)cc4)Oc4cc(O)ccc43)c2O[C@@H]1c1ccc(O)cc1. The Morgan fingerprint density at radius 1 is 0.632 bits per heavy atom. The Balaban J connectivity index is 1.50. The molecule has 3 atom stereocenters. The van der Waals surface area contributed by atoms with Crippen molar-refractivity contribution in [1.29, 1.82) is 0 Å². The normalized spacial score (nSPS) is 19.9. The molecule has 6 rings (SSSR count). The Bertz CT molecular complexity index is 1560. The monoisotopic (exact) mass is 512 g/mol. The average Bonchev–Trinajstić information content (AvgIpc) is 2.89. The van der Waals surface area contributed by atoms with Crippen LogP contribution in [0.2, 0.25) is 0 Å². The zero-order chi connectivity index (χ0) is 26.6. The highest BCUT2D eigenvalue weighted by atomic mass is 16.5. The minimum absolute atomic E-state index is 0.0160. The van der Waals surface area contributed by atoms with E-state index in [-0.39, 0.29) is 45.8 Å². The van der Waals surface area contributed by atoms with Gasteiger partial charge in [-0.05, 0) is 48.4 Å². The van der Waals surface area contributed by atoms with Crippen LogP contribution in [0.4, 0.5) is 0 Å². The van der Waals surface area contributed by atoms with Crippen molar-refractivity contribution in [2.45, 2.75) is 24.5 Å². The number of aliphatic hydroxyl groups is 1. The molecule has 0 fully saturated rings. The summed E-state index contributed by atoms with van der Waals surface area (Å²) in [5.41, 5.74) is 2.66. The van der Waals surface area contributed by atoms with Gasteiger partial charge in [0.25, 0.3) is 0 Å². The molecule has 2 heterocycles. The van der Waals surface area contributed by atoms with E-state index < -0.39 is 18.1 Å². The number of phenolic OH excluding ortho intramolecular Hbond substituents is 5. The third kappa shape index (κ3) is 3.96. The minimum Gasteiger partial charge on any atom is -0.508 e. The van der Waals surface area contributed by atoms with Crippen LogP contribution in [0.3, 0.4) is 0 Å². The lowest BCUT2D eigenvalue weighted by Crippen LogP contribution is -2.22. The molecule has 0 aromatic heterocycles. The summed E-state index contributed by atoms with van der Waals surface area (Å²) in [5.74, 6) is -0.269. The number of ether oxygens (including phenoxy) is 2. The quantitative estimate of drug-likeness (QED) is 0.199. The second kappa shape index (κ2) is 8.85. The van der Waals surface area contributed by atoms with Crippen molar-refractivity contribution in [3.8, 4) is 40.2 Å². The molecule has 0 spiro atoms. The first-order chi connectivity index (χ1) is 18.3. The first kappa shape index (κ1) is 23.4. The van der Waals surface area contributed by atoms with Gasteiger partial charge in [0.2, 0.25) is 0 Å². The zero-order valence-electron chi connectivity index (χ0n) is 19.9. The second-order valence-corrected chi connectivity index (χ2v) is 9.44. The fraction of sp³-hybridized carbons (Fsp3) is 0.133. The molecular formula is C30H24O8. The van der Waals surface area contributed by atoms with Crippen molar-refractivity contribution in [3.63, 3.8) is 0 Å². The van der Waals surface area contributed by atoms with Gasteiger partial charge in [0.1, 0.15) is 52.1 Å². The average molecular weight is 513 g/mol. The predicted octanol–water partition coefficient (Wildman–Crippen LogP) is 5.90. The highest BCUT2D eigenvalue weighted by Crippen LogP contribution is 2.55. The molecule has 0 aliphatic carbocycles. The van der Waals surface area contributed by atoms with E-state index in [1.807, 2.05) is 0 Å². The Morgan fingerprint density at radius 2 is 1.26 bits per heavy atom. The molecule has 8 nitrogen and oxygen atoms in total. The maximum absolute atomic E-state index is 11.2. The number of rotatable bonds is 3. The Kier molecular flexibility index (Phi) is 5.45. The number of hydrogen-bond acceptors (Lipinski definition) is 8. The van der Waals surface area contributed by atoms with E-state index in [9.17, 15) is 30.6 Å². The van der Waals surface area contributed by atoms with E-state index in [0.717, 1.165) is 5.56 Å². The number of phenols is 5. The van der Waals surface area contributed by atoms with E-state index in [1.165, 1.54) is 36.4 Å². The summed E-state index contributed by atoms with van der Waals surface area (Å²) in [6, 6.07) is 18.8. The van der Waals surface area contributed by atoms with Crippen LogP contribution in [0.15, 0.2) is 78.6 Å². The van der Waals surface area contributed by atoms with E-state index >= 15 is 0 Å². The maximum atomic E-state index is 11.2. The topological polar surface area (TPSA) is 140 Å². The fourth-order valence-electron chi connectivity index (χ4n) is 5.18. The van der Waals surface area contributed by atoms with Gasteiger partial charge in [-0.1, -0.05) is 30.3 Å². The highest BCUT2D eigenvalue weighted by molar-refractivity contribution is 5.74. The molecule has 6 N–H and O–H groups in total. The summed E-state index contributed by atoms with van der Waals surface area (Å²) in [6.07, 6.45) is 0.355. The molecule has 8 heteroatoms. The van der Waals surface area contributed by atoms with Gasteiger partial charge < -0.3 is 40.1 Å². The van der Waals surface area contributed by atoms with Crippen molar-refractivity contribution in [1.82, 2.24) is 0 Å². The maximum Gasteiger partial charge on any atom is 0.180 e. The Hall–Kier alpha value is -4.98. The van der Waals surface area contributed by atoms with Crippen molar-refractivity contribution in [2.24, 2.45) is 0 Å². The van der Waals surface area contributed by atoms with Gasteiger partial charge in [0, 0.05) is 34.7 Å². The van der Waals surface area contributed by atoms with Gasteiger partial charge in [0.15, 0.2) is 6.10 Å². The fourth-order valence-corrected chi connectivity index (χ4v) is 5.18. The van der Waals surface area contributed by atoms with Gasteiger partial charge in [-0.2, -0.15) is 0 Å². The standard InChI is InChI=1S/C30H24O8/c31-17-5-1-15(2-6-17)26-13-21(20-10-9-19(33)11-27(20)37-26)28-24(35)14-23(34)22-12-25(36)29(38-30(22)28)16-3-7-18(32)8-4-16/h1-12,14,21,26,29,31-36H,13H2/t21-,26?,29-/m1/s1. The van der Waals surface area contributed by atoms with Crippen molar-refractivity contribution in [3.05, 3.63) is 106 Å². The summed E-state index contributed by atoms with van der Waals surface area (Å²) in [6.45, 7) is 0. The second-order valence-electron chi connectivity index (χ2n) is 9.44. The predicted molar refractivity (Wildman–Crippen MR) is 138 cm³/mol. The van der Waals surface area contributed by atoms with Crippen LogP contribution in [0, 0.1) is 0 Å². The van der Waals surface area contributed by atoms with Crippen LogP contribution in [0.25, 0.3) is 6.08 Å². The lowest BCUT2D eigenvalue weighted by atomic mass is 9.80. The van der Waals surface area contributed by atoms with Gasteiger partial charge in [0.05, 0.1) is 5.56 Å². The van der Waals surface area contributed by atoms with Crippen LogP contribution in [-0.2, 0) is 0 Å². The molecule has 0 amide bonds. The minimum atomic E-state index is -0.935. The van der Waals surface area contributed by atoms with Gasteiger partial charge in [-0.15, -0.1) is 0 Å². The molecule has 192 valence electrons. The molecule has 1 unspecified atom stereocenters. The van der Waals surface area contributed by atoms with Crippen LogP contribution < -0.4 is 9.47 Å². The molecular weight excluding hydrogens is 488 g/mol. The smallest absolute Gasteiger partial charge is 0.180 e. The zero-order valence-corrected chi connectivity index (χ0v) is 19.9. The van der Waals surface area contributed by atoms with E-state index in [4.69, 9.17) is 9.47 Å².